The van der Waals surface area contributed by atoms with E-state index < -0.39 is 35.0 Å². The molecule has 0 radical (unpaired) electrons. The molecular formula is C24H15F3N4O3. The van der Waals surface area contributed by atoms with Gasteiger partial charge in [-0.1, -0.05) is 12.1 Å². The Bertz CT molecular complexity index is 1530. The topological polar surface area (TPSA) is 88.2 Å². The predicted octanol–water partition coefficient (Wildman–Crippen LogP) is 5.02. The van der Waals surface area contributed by atoms with E-state index in [2.05, 4.69) is 15.0 Å². The lowest BCUT2D eigenvalue weighted by molar-refractivity contribution is 0.0641. The molecule has 1 N–H and O–H groups in total. The summed E-state index contributed by atoms with van der Waals surface area (Å²) in [6, 6.07) is 8.63. The number of benzene rings is 2. The highest BCUT2D eigenvalue weighted by Gasteiger charge is 2.38. The van der Waals surface area contributed by atoms with Crippen molar-refractivity contribution in [3.63, 3.8) is 0 Å². The van der Waals surface area contributed by atoms with Crippen molar-refractivity contribution in [2.75, 3.05) is 6.54 Å². The fourth-order valence-corrected chi connectivity index (χ4v) is 4.30. The normalized spacial score (nSPS) is 15.6. The third kappa shape index (κ3) is 3.10. The lowest BCUT2D eigenvalue weighted by atomic mass is 10.00. The van der Waals surface area contributed by atoms with Crippen LogP contribution in [0.5, 0.6) is 0 Å². The number of rotatable bonds is 3. The van der Waals surface area contributed by atoms with Crippen molar-refractivity contribution in [2.24, 2.45) is 0 Å². The van der Waals surface area contributed by atoms with Crippen molar-refractivity contribution in [3.8, 4) is 11.5 Å². The lowest BCUT2D eigenvalue weighted by Crippen LogP contribution is -2.40. The van der Waals surface area contributed by atoms with Gasteiger partial charge in [-0.2, -0.15) is 0 Å². The second-order valence-electron chi connectivity index (χ2n) is 7.84. The van der Waals surface area contributed by atoms with Gasteiger partial charge in [0.25, 0.3) is 5.91 Å². The molecule has 2 aromatic carbocycles. The third-order valence-corrected chi connectivity index (χ3v) is 5.88. The maximum atomic E-state index is 14.3. The zero-order valence-corrected chi connectivity index (χ0v) is 17.4. The van der Waals surface area contributed by atoms with E-state index >= 15 is 0 Å². The van der Waals surface area contributed by atoms with Crippen LogP contribution in [0.1, 0.15) is 33.7 Å². The maximum absolute atomic E-state index is 14.3. The number of halogens is 3. The summed E-state index contributed by atoms with van der Waals surface area (Å²) in [7, 11) is 0. The quantitative estimate of drug-likeness (QED) is 0.405. The predicted molar refractivity (Wildman–Crippen MR) is 113 cm³/mol. The number of furan rings is 1. The summed E-state index contributed by atoms with van der Waals surface area (Å²) in [6.45, 7) is 0.266. The summed E-state index contributed by atoms with van der Waals surface area (Å²) in [5, 5.41) is 0.282. The van der Waals surface area contributed by atoms with E-state index in [1.54, 1.807) is 12.1 Å². The van der Waals surface area contributed by atoms with E-state index in [0.717, 1.165) is 24.0 Å². The first-order valence-electron chi connectivity index (χ1n) is 10.4. The number of carbonyl (C=O) groups excluding carboxylic acids is 1. The minimum absolute atomic E-state index is 0.205. The van der Waals surface area contributed by atoms with Crippen molar-refractivity contribution in [2.45, 2.75) is 12.5 Å². The molecule has 7 nitrogen and oxygen atoms in total. The Morgan fingerprint density at radius 2 is 1.79 bits per heavy atom. The van der Waals surface area contributed by atoms with E-state index in [9.17, 15) is 18.0 Å². The number of aromatic nitrogens is 3. The highest BCUT2D eigenvalue weighted by molar-refractivity contribution is 5.92. The molecule has 10 heteroatoms. The Balaban J connectivity index is 1.41. The molecule has 1 atom stereocenters. The minimum atomic E-state index is -0.859. The van der Waals surface area contributed by atoms with Crippen LogP contribution in [-0.4, -0.2) is 32.3 Å². The number of hydrogen-bond acceptors (Lipinski definition) is 5. The first-order valence-corrected chi connectivity index (χ1v) is 10.4. The van der Waals surface area contributed by atoms with Gasteiger partial charge >= 0.3 is 0 Å². The van der Waals surface area contributed by atoms with Gasteiger partial charge in [-0.25, -0.2) is 23.1 Å². The molecule has 0 aliphatic carbocycles. The molecule has 4 heterocycles. The fourth-order valence-electron chi connectivity index (χ4n) is 4.30. The average molecular weight is 464 g/mol. The standard InChI is InChI=1S/C24H15F3N4O3/c25-13-3-2-6-17-12(13)9-18(33-17)22-21-16(29-11-30-21)7-8-31(22)24(32)19-10-28-23(34-19)20-14(26)4-1-5-15(20)27/h1-6,9-11,22H,7-8H2,(H,29,30)/t22-/m1/s1. The molecule has 34 heavy (non-hydrogen) atoms. The number of nitrogens with one attached hydrogen (secondary N) is 1. The summed E-state index contributed by atoms with van der Waals surface area (Å²) < 4.78 is 54.0. The highest BCUT2D eigenvalue weighted by atomic mass is 19.1. The van der Waals surface area contributed by atoms with E-state index in [4.69, 9.17) is 8.83 Å². The molecule has 5 aromatic rings. The zero-order chi connectivity index (χ0) is 23.4. The number of oxazole rings is 1. The minimum Gasteiger partial charge on any atom is -0.458 e. The SMILES string of the molecule is O=C(c1cnc(-c2c(F)cccc2F)o1)N1CCc2[nH]cnc2[C@H]1c1cc2c(F)cccc2o1. The van der Waals surface area contributed by atoms with Crippen LogP contribution < -0.4 is 0 Å². The fraction of sp³-hybridized carbons (Fsp3) is 0.125. The Labute approximate surface area is 189 Å². The van der Waals surface area contributed by atoms with Crippen LogP contribution in [-0.2, 0) is 6.42 Å². The van der Waals surface area contributed by atoms with E-state index in [1.165, 1.54) is 29.4 Å². The molecule has 1 amide bonds. The molecule has 0 fully saturated rings. The third-order valence-electron chi connectivity index (χ3n) is 5.88. The monoisotopic (exact) mass is 464 g/mol. The molecule has 1 aliphatic rings. The molecule has 0 unspecified atom stereocenters. The van der Waals surface area contributed by atoms with Gasteiger partial charge in [0.1, 0.15) is 40.4 Å². The number of hydrogen-bond donors (Lipinski definition) is 1. The van der Waals surface area contributed by atoms with Gasteiger partial charge in [0.15, 0.2) is 0 Å². The van der Waals surface area contributed by atoms with Gasteiger partial charge < -0.3 is 18.7 Å². The van der Waals surface area contributed by atoms with Gasteiger partial charge in [0.05, 0.1) is 23.6 Å². The summed E-state index contributed by atoms with van der Waals surface area (Å²) in [4.78, 5) is 26.3. The smallest absolute Gasteiger partial charge is 0.292 e. The molecule has 3 aromatic heterocycles. The molecule has 0 saturated carbocycles. The second kappa shape index (κ2) is 7.62. The van der Waals surface area contributed by atoms with Crippen molar-refractivity contribution in [3.05, 3.63) is 95.3 Å². The molecule has 1 aliphatic heterocycles. The molecule has 6 rings (SSSR count). The molecule has 0 saturated heterocycles. The molecule has 0 bridgehead atoms. The molecule has 0 spiro atoms. The van der Waals surface area contributed by atoms with Crippen LogP contribution in [0, 0.1) is 17.5 Å². The number of aromatic amines is 1. The van der Waals surface area contributed by atoms with Gasteiger partial charge in [-0.3, -0.25) is 4.79 Å². The number of fused-ring (bicyclic) bond motifs is 2. The van der Waals surface area contributed by atoms with Gasteiger partial charge in [0, 0.05) is 18.7 Å². The average Bonchev–Trinajstić information content (AvgIpc) is 3.57. The second-order valence-corrected chi connectivity index (χ2v) is 7.84. The highest BCUT2D eigenvalue weighted by Crippen LogP contribution is 2.38. The van der Waals surface area contributed by atoms with Gasteiger partial charge in [-0.05, 0) is 30.3 Å². The van der Waals surface area contributed by atoms with E-state index in [-0.39, 0.29) is 23.6 Å². The number of amides is 1. The first kappa shape index (κ1) is 20.3. The zero-order valence-electron chi connectivity index (χ0n) is 17.4. The Morgan fingerprint density at radius 1 is 1.03 bits per heavy atom. The van der Waals surface area contributed by atoms with Crippen molar-refractivity contribution >= 4 is 16.9 Å². The Hall–Kier alpha value is -4.34. The summed E-state index contributed by atoms with van der Waals surface area (Å²) >= 11 is 0. The van der Waals surface area contributed by atoms with Crippen LogP contribution in [0.25, 0.3) is 22.4 Å². The van der Waals surface area contributed by atoms with Crippen LogP contribution in [0.2, 0.25) is 0 Å². The van der Waals surface area contributed by atoms with Crippen LogP contribution in [0.4, 0.5) is 13.2 Å². The largest absolute Gasteiger partial charge is 0.458 e. The summed E-state index contributed by atoms with van der Waals surface area (Å²) in [6.07, 6.45) is 3.12. The van der Waals surface area contributed by atoms with E-state index in [1.807, 2.05) is 0 Å². The number of carbonyl (C=O) groups is 1. The van der Waals surface area contributed by atoms with Crippen LogP contribution in [0.3, 0.4) is 0 Å². The maximum Gasteiger partial charge on any atom is 0.292 e. The first-order chi connectivity index (χ1) is 16.5. The van der Waals surface area contributed by atoms with Crippen molar-refractivity contribution in [1.29, 1.82) is 0 Å². The number of H-pyrrole nitrogens is 1. The summed E-state index contributed by atoms with van der Waals surface area (Å²) in [5.74, 6) is -2.97. The van der Waals surface area contributed by atoms with Gasteiger partial charge in [-0.15, -0.1) is 0 Å². The molecular weight excluding hydrogens is 449 g/mol. The van der Waals surface area contributed by atoms with Crippen LogP contribution >= 0.6 is 0 Å². The van der Waals surface area contributed by atoms with Crippen LogP contribution in [0.15, 0.2) is 63.8 Å². The van der Waals surface area contributed by atoms with E-state index in [0.29, 0.717) is 23.5 Å². The van der Waals surface area contributed by atoms with Crippen molar-refractivity contribution < 1.29 is 26.8 Å². The lowest BCUT2D eigenvalue weighted by Gasteiger charge is -2.33. The summed E-state index contributed by atoms with van der Waals surface area (Å²) in [5.41, 5.74) is 1.25. The number of nitrogens with zero attached hydrogens (tertiary/aromatic N) is 3. The Kier molecular flexibility index (Phi) is 4.54. The van der Waals surface area contributed by atoms with Gasteiger partial charge in [0.2, 0.25) is 11.7 Å². The molecule has 170 valence electrons. The Morgan fingerprint density at radius 3 is 2.59 bits per heavy atom. The number of imidazole rings is 1. The van der Waals surface area contributed by atoms with Crippen molar-refractivity contribution in [1.82, 2.24) is 19.9 Å².